The van der Waals surface area contributed by atoms with Crippen LogP contribution in [-0.4, -0.2) is 5.91 Å². The van der Waals surface area contributed by atoms with Crippen LogP contribution in [0.25, 0.3) is 11.1 Å². The molecular weight excluding hydrogens is 282 g/mol. The molecule has 2 heteroatoms. The fourth-order valence-corrected chi connectivity index (χ4v) is 2.57. The lowest BCUT2D eigenvalue weighted by atomic mass is 9.99. The smallest absolute Gasteiger partial charge is 0.256 e. The Morgan fingerprint density at radius 1 is 0.783 bits per heavy atom. The third-order valence-corrected chi connectivity index (χ3v) is 4.02. The van der Waals surface area contributed by atoms with E-state index < -0.39 is 0 Å². The van der Waals surface area contributed by atoms with E-state index in [1.807, 2.05) is 79.7 Å². The molecule has 1 N–H and O–H groups in total. The zero-order chi connectivity index (χ0) is 16.2. The van der Waals surface area contributed by atoms with Crippen molar-refractivity contribution < 1.29 is 4.79 Å². The number of carbonyl (C=O) groups excluding carboxylic acids is 1. The fourth-order valence-electron chi connectivity index (χ4n) is 2.57. The lowest BCUT2D eigenvalue weighted by molar-refractivity contribution is 0.102. The second-order valence-electron chi connectivity index (χ2n) is 5.66. The number of amides is 1. The molecule has 0 aliphatic carbocycles. The van der Waals surface area contributed by atoms with Crippen LogP contribution >= 0.6 is 0 Å². The van der Waals surface area contributed by atoms with Crippen molar-refractivity contribution in [2.45, 2.75) is 13.8 Å². The molecule has 3 rings (SSSR count). The lowest BCUT2D eigenvalue weighted by Crippen LogP contribution is -2.13. The molecule has 0 fully saturated rings. The molecule has 0 atom stereocenters. The summed E-state index contributed by atoms with van der Waals surface area (Å²) in [6.07, 6.45) is 0. The van der Waals surface area contributed by atoms with Gasteiger partial charge in [-0.2, -0.15) is 0 Å². The summed E-state index contributed by atoms with van der Waals surface area (Å²) < 4.78 is 0. The van der Waals surface area contributed by atoms with Crippen molar-refractivity contribution in [3.63, 3.8) is 0 Å². The first kappa shape index (κ1) is 15.0. The number of benzene rings is 3. The van der Waals surface area contributed by atoms with Crippen LogP contribution in [-0.2, 0) is 0 Å². The van der Waals surface area contributed by atoms with Gasteiger partial charge in [0.05, 0.1) is 0 Å². The van der Waals surface area contributed by atoms with Crippen molar-refractivity contribution in [2.75, 3.05) is 5.32 Å². The Bertz CT molecular complexity index is 837. The van der Waals surface area contributed by atoms with E-state index in [-0.39, 0.29) is 5.91 Å². The van der Waals surface area contributed by atoms with E-state index in [2.05, 4.69) is 12.2 Å². The van der Waals surface area contributed by atoms with Gasteiger partial charge in [-0.15, -0.1) is 0 Å². The van der Waals surface area contributed by atoms with Crippen molar-refractivity contribution in [2.24, 2.45) is 0 Å². The van der Waals surface area contributed by atoms with Crippen LogP contribution in [0.15, 0.2) is 72.8 Å². The summed E-state index contributed by atoms with van der Waals surface area (Å²) in [4.78, 5) is 12.7. The number of rotatable bonds is 3. The first-order valence-corrected chi connectivity index (χ1v) is 7.68. The molecule has 2 nitrogen and oxygen atoms in total. The summed E-state index contributed by atoms with van der Waals surface area (Å²) in [5, 5.41) is 3.00. The minimum absolute atomic E-state index is 0.0901. The number of nitrogens with one attached hydrogen (secondary N) is 1. The van der Waals surface area contributed by atoms with Crippen LogP contribution in [0.4, 0.5) is 5.69 Å². The van der Waals surface area contributed by atoms with Gasteiger partial charge in [0.25, 0.3) is 5.91 Å². The second kappa shape index (κ2) is 6.49. The van der Waals surface area contributed by atoms with Gasteiger partial charge < -0.3 is 5.32 Å². The van der Waals surface area contributed by atoms with Crippen molar-refractivity contribution in [1.29, 1.82) is 0 Å². The number of carbonyl (C=O) groups is 1. The van der Waals surface area contributed by atoms with E-state index >= 15 is 0 Å². The maximum absolute atomic E-state index is 12.7. The van der Waals surface area contributed by atoms with E-state index in [0.717, 1.165) is 16.8 Å². The molecule has 0 heterocycles. The summed E-state index contributed by atoms with van der Waals surface area (Å²) in [6.45, 7) is 4.11. The SMILES string of the molecule is Cc1ccc(NC(=O)c2ccccc2-c2ccccc2)cc1C. The van der Waals surface area contributed by atoms with Gasteiger partial charge in [-0.25, -0.2) is 0 Å². The first-order valence-electron chi connectivity index (χ1n) is 7.68. The summed E-state index contributed by atoms with van der Waals surface area (Å²) in [7, 11) is 0. The molecule has 3 aromatic rings. The molecule has 114 valence electrons. The van der Waals surface area contributed by atoms with E-state index in [0.29, 0.717) is 5.56 Å². The molecule has 0 unspecified atom stereocenters. The lowest BCUT2D eigenvalue weighted by Gasteiger charge is -2.11. The Labute approximate surface area is 136 Å². The molecule has 3 aromatic carbocycles. The maximum atomic E-state index is 12.7. The molecule has 0 saturated carbocycles. The third kappa shape index (κ3) is 3.32. The monoisotopic (exact) mass is 301 g/mol. The van der Waals surface area contributed by atoms with Crippen LogP contribution in [0, 0.1) is 13.8 Å². The Morgan fingerprint density at radius 3 is 2.22 bits per heavy atom. The highest BCUT2D eigenvalue weighted by atomic mass is 16.1. The van der Waals surface area contributed by atoms with Crippen molar-refractivity contribution in [1.82, 2.24) is 0 Å². The van der Waals surface area contributed by atoms with E-state index in [4.69, 9.17) is 0 Å². The van der Waals surface area contributed by atoms with Crippen molar-refractivity contribution in [3.05, 3.63) is 89.5 Å². The summed E-state index contributed by atoms with van der Waals surface area (Å²) in [6, 6.07) is 23.6. The number of aryl methyl sites for hydroxylation is 2. The normalized spacial score (nSPS) is 10.3. The number of anilines is 1. The van der Waals surface area contributed by atoms with Crippen LogP contribution in [0.3, 0.4) is 0 Å². The highest BCUT2D eigenvalue weighted by molar-refractivity contribution is 6.08. The van der Waals surface area contributed by atoms with Crippen molar-refractivity contribution in [3.8, 4) is 11.1 Å². The highest BCUT2D eigenvalue weighted by Crippen LogP contribution is 2.24. The summed E-state index contributed by atoms with van der Waals surface area (Å²) >= 11 is 0. The zero-order valence-corrected chi connectivity index (χ0v) is 13.3. The first-order chi connectivity index (χ1) is 11.1. The van der Waals surface area contributed by atoms with Crippen molar-refractivity contribution >= 4 is 11.6 Å². The predicted molar refractivity (Wildman–Crippen MR) is 95.7 cm³/mol. The molecule has 0 aromatic heterocycles. The minimum atomic E-state index is -0.0901. The van der Waals surface area contributed by atoms with Crippen LogP contribution in [0.2, 0.25) is 0 Å². The average Bonchev–Trinajstić information content (AvgIpc) is 2.59. The quantitative estimate of drug-likeness (QED) is 0.705. The topological polar surface area (TPSA) is 29.1 Å². The third-order valence-electron chi connectivity index (χ3n) is 4.02. The Hall–Kier alpha value is -2.87. The maximum Gasteiger partial charge on any atom is 0.256 e. The van der Waals surface area contributed by atoms with Gasteiger partial charge in [0.15, 0.2) is 0 Å². The summed E-state index contributed by atoms with van der Waals surface area (Å²) in [5.41, 5.74) is 5.86. The van der Waals surface area contributed by atoms with E-state index in [1.165, 1.54) is 11.1 Å². The molecule has 0 aliphatic heterocycles. The number of hydrogen-bond donors (Lipinski definition) is 1. The van der Waals surface area contributed by atoms with Gasteiger partial charge in [0.1, 0.15) is 0 Å². The van der Waals surface area contributed by atoms with Gasteiger partial charge in [-0.3, -0.25) is 4.79 Å². The van der Waals surface area contributed by atoms with Crippen LogP contribution < -0.4 is 5.32 Å². The molecule has 0 saturated heterocycles. The molecular formula is C21H19NO. The minimum Gasteiger partial charge on any atom is -0.322 e. The molecule has 0 aliphatic rings. The standard InChI is InChI=1S/C21H19NO/c1-15-12-13-18(14-16(15)2)22-21(23)20-11-7-6-10-19(20)17-8-4-3-5-9-17/h3-14H,1-2H3,(H,22,23). The Morgan fingerprint density at radius 2 is 1.48 bits per heavy atom. The van der Waals surface area contributed by atoms with Gasteiger partial charge in [-0.1, -0.05) is 54.6 Å². The molecule has 0 radical (unpaired) electrons. The van der Waals surface area contributed by atoms with Gasteiger partial charge in [0.2, 0.25) is 0 Å². The second-order valence-corrected chi connectivity index (χ2v) is 5.66. The molecule has 23 heavy (non-hydrogen) atoms. The molecule has 0 bridgehead atoms. The van der Waals surface area contributed by atoms with Crippen LogP contribution in [0.1, 0.15) is 21.5 Å². The Kier molecular flexibility index (Phi) is 4.24. The predicted octanol–water partition coefficient (Wildman–Crippen LogP) is 5.22. The Balaban J connectivity index is 1.92. The van der Waals surface area contributed by atoms with E-state index in [1.54, 1.807) is 0 Å². The average molecular weight is 301 g/mol. The van der Waals surface area contributed by atoms with Gasteiger partial charge in [-0.05, 0) is 54.3 Å². The van der Waals surface area contributed by atoms with E-state index in [9.17, 15) is 4.79 Å². The summed E-state index contributed by atoms with van der Waals surface area (Å²) in [5.74, 6) is -0.0901. The molecule has 0 spiro atoms. The molecule has 1 amide bonds. The number of hydrogen-bond acceptors (Lipinski definition) is 1. The largest absolute Gasteiger partial charge is 0.322 e. The van der Waals surface area contributed by atoms with Gasteiger partial charge in [0, 0.05) is 11.3 Å². The fraction of sp³-hybridized carbons (Fsp3) is 0.0952. The highest BCUT2D eigenvalue weighted by Gasteiger charge is 2.12. The zero-order valence-electron chi connectivity index (χ0n) is 13.3. The van der Waals surface area contributed by atoms with Gasteiger partial charge >= 0.3 is 0 Å². The van der Waals surface area contributed by atoms with Crippen LogP contribution in [0.5, 0.6) is 0 Å².